The summed E-state index contributed by atoms with van der Waals surface area (Å²) in [6, 6.07) is 12.5. The molecule has 29 heavy (non-hydrogen) atoms. The number of aromatic nitrogens is 1. The Balaban J connectivity index is 1.53. The number of sulfonamides is 1. The molecule has 1 N–H and O–H groups in total. The third-order valence-electron chi connectivity index (χ3n) is 5.49. The van der Waals surface area contributed by atoms with Gasteiger partial charge in [-0.15, -0.1) is 0 Å². The number of nitrogens with one attached hydrogen (secondary N) is 1. The highest BCUT2D eigenvalue weighted by atomic mass is 32.2. The highest BCUT2D eigenvalue weighted by Crippen LogP contribution is 2.23. The molecule has 0 amide bonds. The molecule has 6 nitrogen and oxygen atoms in total. The lowest BCUT2D eigenvalue weighted by molar-refractivity contribution is 0.192. The van der Waals surface area contributed by atoms with Crippen LogP contribution in [0.5, 0.6) is 0 Å². The first kappa shape index (κ1) is 21.6. The molecule has 3 rings (SSSR count). The lowest BCUT2D eigenvalue weighted by atomic mass is 9.99. The SMILES string of the molecule is CCN(c1ccccc1)S(=O)(=O)c1ccc(NCCCN2CCC(C)CC2)nc1. The molecule has 0 spiro atoms. The van der Waals surface area contributed by atoms with Crippen molar-refractivity contribution in [2.45, 2.75) is 38.0 Å². The smallest absolute Gasteiger partial charge is 0.265 e. The van der Waals surface area contributed by atoms with Crippen molar-refractivity contribution in [2.75, 3.05) is 42.3 Å². The number of hydrogen-bond acceptors (Lipinski definition) is 5. The standard InChI is InChI=1S/C22H32N4O2S/c1-3-26(20-8-5-4-6-9-20)29(27,28)21-10-11-22(24-18-21)23-14-7-15-25-16-12-19(2)13-17-25/h4-6,8-11,18-19H,3,7,12-17H2,1-2H3,(H,23,24). The molecule has 2 aromatic rings. The Labute approximate surface area is 175 Å². The first-order valence-corrected chi connectivity index (χ1v) is 11.9. The highest BCUT2D eigenvalue weighted by Gasteiger charge is 2.23. The van der Waals surface area contributed by atoms with Crippen LogP contribution >= 0.6 is 0 Å². The van der Waals surface area contributed by atoms with Gasteiger partial charge in [0, 0.05) is 19.3 Å². The monoisotopic (exact) mass is 416 g/mol. The van der Waals surface area contributed by atoms with E-state index in [0.717, 1.165) is 25.4 Å². The van der Waals surface area contributed by atoms with Crippen molar-refractivity contribution in [1.82, 2.24) is 9.88 Å². The van der Waals surface area contributed by atoms with Crippen LogP contribution in [-0.2, 0) is 10.0 Å². The Kier molecular flexibility index (Phi) is 7.50. The van der Waals surface area contributed by atoms with E-state index in [4.69, 9.17) is 0 Å². The molecule has 1 fully saturated rings. The minimum Gasteiger partial charge on any atom is -0.370 e. The van der Waals surface area contributed by atoms with Crippen LogP contribution in [0, 0.1) is 5.92 Å². The fraction of sp³-hybridized carbons (Fsp3) is 0.500. The quantitative estimate of drug-likeness (QED) is 0.630. The van der Waals surface area contributed by atoms with Crippen LogP contribution in [0.2, 0.25) is 0 Å². The fourth-order valence-corrected chi connectivity index (χ4v) is 5.07. The first-order valence-electron chi connectivity index (χ1n) is 10.5. The van der Waals surface area contributed by atoms with E-state index in [1.807, 2.05) is 25.1 Å². The predicted molar refractivity (Wildman–Crippen MR) is 119 cm³/mol. The molecule has 0 saturated carbocycles. The largest absolute Gasteiger partial charge is 0.370 e. The van der Waals surface area contributed by atoms with E-state index in [0.29, 0.717) is 18.1 Å². The Hall–Kier alpha value is -2.12. The van der Waals surface area contributed by atoms with Crippen LogP contribution in [0.3, 0.4) is 0 Å². The van der Waals surface area contributed by atoms with Gasteiger partial charge in [0.2, 0.25) is 0 Å². The van der Waals surface area contributed by atoms with Crippen molar-refractivity contribution in [3.63, 3.8) is 0 Å². The Morgan fingerprint density at radius 3 is 2.48 bits per heavy atom. The van der Waals surface area contributed by atoms with Crippen LogP contribution in [-0.4, -0.2) is 51.0 Å². The fourth-order valence-electron chi connectivity index (χ4n) is 3.66. The molecule has 1 aromatic heterocycles. The molecule has 2 heterocycles. The van der Waals surface area contributed by atoms with Crippen LogP contribution in [0.15, 0.2) is 53.6 Å². The van der Waals surface area contributed by atoms with E-state index < -0.39 is 10.0 Å². The van der Waals surface area contributed by atoms with Crippen molar-refractivity contribution in [1.29, 1.82) is 0 Å². The summed E-state index contributed by atoms with van der Waals surface area (Å²) in [5.74, 6) is 1.56. The van der Waals surface area contributed by atoms with Gasteiger partial charge in [-0.3, -0.25) is 4.31 Å². The molecular weight excluding hydrogens is 384 g/mol. The minimum absolute atomic E-state index is 0.205. The maximum Gasteiger partial charge on any atom is 0.265 e. The van der Waals surface area contributed by atoms with E-state index in [1.165, 1.54) is 36.4 Å². The molecule has 1 aliphatic rings. The van der Waals surface area contributed by atoms with Crippen LogP contribution in [0.25, 0.3) is 0 Å². The van der Waals surface area contributed by atoms with E-state index in [9.17, 15) is 8.42 Å². The average molecular weight is 417 g/mol. The number of anilines is 2. The number of para-hydroxylation sites is 1. The second kappa shape index (κ2) is 10.1. The molecule has 0 unspecified atom stereocenters. The van der Waals surface area contributed by atoms with Crippen molar-refractivity contribution < 1.29 is 8.42 Å². The minimum atomic E-state index is -3.63. The lowest BCUT2D eigenvalue weighted by Crippen LogP contribution is -2.34. The maximum absolute atomic E-state index is 13.0. The Bertz CT molecular complexity index is 848. The number of nitrogens with zero attached hydrogens (tertiary/aromatic N) is 3. The molecule has 1 aromatic carbocycles. The van der Waals surface area contributed by atoms with Gasteiger partial charge in [-0.2, -0.15) is 0 Å². The topological polar surface area (TPSA) is 65.5 Å². The number of benzene rings is 1. The van der Waals surface area contributed by atoms with Gasteiger partial charge in [0.05, 0.1) is 5.69 Å². The summed E-state index contributed by atoms with van der Waals surface area (Å²) in [5.41, 5.74) is 0.657. The van der Waals surface area contributed by atoms with E-state index in [2.05, 4.69) is 22.1 Å². The average Bonchev–Trinajstić information content (AvgIpc) is 2.74. The van der Waals surface area contributed by atoms with Crippen LogP contribution in [0.1, 0.15) is 33.1 Å². The Morgan fingerprint density at radius 2 is 1.86 bits per heavy atom. The van der Waals surface area contributed by atoms with Gasteiger partial charge in [0.25, 0.3) is 10.0 Å². The summed E-state index contributed by atoms with van der Waals surface area (Å²) in [4.78, 5) is 7.05. The van der Waals surface area contributed by atoms with Crippen LogP contribution in [0.4, 0.5) is 11.5 Å². The summed E-state index contributed by atoms with van der Waals surface area (Å²) in [7, 11) is -3.63. The number of likely N-dealkylation sites (tertiary alicyclic amines) is 1. The molecule has 0 aliphatic carbocycles. The number of pyridine rings is 1. The van der Waals surface area contributed by atoms with Gasteiger partial charge >= 0.3 is 0 Å². The second-order valence-corrected chi connectivity index (χ2v) is 9.55. The summed E-state index contributed by atoms with van der Waals surface area (Å²) in [6.07, 6.45) is 5.08. The molecule has 7 heteroatoms. The number of rotatable bonds is 9. The van der Waals surface area contributed by atoms with Gasteiger partial charge in [-0.1, -0.05) is 25.1 Å². The molecule has 0 bridgehead atoms. The zero-order valence-corrected chi connectivity index (χ0v) is 18.2. The number of piperidine rings is 1. The summed E-state index contributed by atoms with van der Waals surface area (Å²) in [5, 5.41) is 3.30. The zero-order chi connectivity index (χ0) is 20.7. The predicted octanol–water partition coefficient (Wildman–Crippen LogP) is 3.83. The zero-order valence-electron chi connectivity index (χ0n) is 17.4. The summed E-state index contributed by atoms with van der Waals surface area (Å²) >= 11 is 0. The van der Waals surface area contributed by atoms with E-state index in [1.54, 1.807) is 24.3 Å². The molecule has 1 saturated heterocycles. The molecule has 0 radical (unpaired) electrons. The van der Waals surface area contributed by atoms with Crippen molar-refractivity contribution in [3.05, 3.63) is 48.7 Å². The molecule has 158 valence electrons. The van der Waals surface area contributed by atoms with Gasteiger partial charge < -0.3 is 10.2 Å². The van der Waals surface area contributed by atoms with Gasteiger partial charge in [-0.25, -0.2) is 13.4 Å². The van der Waals surface area contributed by atoms with Crippen molar-refractivity contribution >= 4 is 21.5 Å². The molecule has 1 aliphatic heterocycles. The van der Waals surface area contributed by atoms with Crippen molar-refractivity contribution in [3.8, 4) is 0 Å². The highest BCUT2D eigenvalue weighted by molar-refractivity contribution is 7.92. The third kappa shape index (κ3) is 5.70. The van der Waals surface area contributed by atoms with E-state index in [-0.39, 0.29) is 4.90 Å². The summed E-state index contributed by atoms with van der Waals surface area (Å²) < 4.78 is 27.4. The first-order chi connectivity index (χ1) is 14.0. The van der Waals surface area contributed by atoms with Crippen LogP contribution < -0.4 is 9.62 Å². The normalized spacial score (nSPS) is 15.9. The lowest BCUT2D eigenvalue weighted by Gasteiger charge is -2.30. The molecule has 0 atom stereocenters. The molecular formula is C22H32N4O2S. The van der Waals surface area contributed by atoms with E-state index >= 15 is 0 Å². The summed E-state index contributed by atoms with van der Waals surface area (Å²) in [6.45, 7) is 8.83. The van der Waals surface area contributed by atoms with Gasteiger partial charge in [-0.05, 0) is 76.0 Å². The maximum atomic E-state index is 13.0. The van der Waals surface area contributed by atoms with Gasteiger partial charge in [0.1, 0.15) is 10.7 Å². The Morgan fingerprint density at radius 1 is 1.14 bits per heavy atom. The van der Waals surface area contributed by atoms with Crippen molar-refractivity contribution in [2.24, 2.45) is 5.92 Å². The number of hydrogen-bond donors (Lipinski definition) is 1. The third-order valence-corrected chi connectivity index (χ3v) is 7.38. The van der Waals surface area contributed by atoms with Gasteiger partial charge in [0.15, 0.2) is 0 Å². The second-order valence-electron chi connectivity index (χ2n) is 7.69.